The Kier molecular flexibility index (Phi) is 7.19. The number of methoxy groups -OCH3 is 1. The number of anilines is 1. The van der Waals surface area contributed by atoms with Crippen LogP contribution in [-0.2, 0) is 9.53 Å². The highest BCUT2D eigenvalue weighted by molar-refractivity contribution is 5.77. The molecule has 0 aromatic heterocycles. The molecule has 31 heavy (non-hydrogen) atoms. The van der Waals surface area contributed by atoms with Crippen molar-refractivity contribution in [2.24, 2.45) is 0 Å². The molecule has 1 aromatic carbocycles. The predicted molar refractivity (Wildman–Crippen MR) is 123 cm³/mol. The largest absolute Gasteiger partial charge is 0.388 e. The van der Waals surface area contributed by atoms with Crippen molar-refractivity contribution in [2.75, 3.05) is 51.3 Å². The molecule has 1 aromatic rings. The van der Waals surface area contributed by atoms with Crippen molar-refractivity contribution in [1.29, 1.82) is 0 Å². The Morgan fingerprint density at radius 3 is 2.65 bits per heavy atom. The number of carbonyl (C=O) groups excluding carboxylic acids is 1. The van der Waals surface area contributed by atoms with Crippen molar-refractivity contribution in [1.82, 2.24) is 9.80 Å². The number of β-amino-alcohol motifs (C(OH)–C–C–N with tert-alkyl or cyclic N) is 1. The number of amides is 1. The van der Waals surface area contributed by atoms with Gasteiger partial charge >= 0.3 is 0 Å². The average molecular weight is 430 g/mol. The molecule has 3 aliphatic heterocycles. The number of likely N-dealkylation sites (tertiary alicyclic amines) is 2. The van der Waals surface area contributed by atoms with Crippen LogP contribution >= 0.6 is 0 Å². The van der Waals surface area contributed by atoms with E-state index in [1.165, 1.54) is 11.3 Å². The summed E-state index contributed by atoms with van der Waals surface area (Å²) in [6, 6.07) is 9.26. The molecule has 0 saturated carbocycles. The smallest absolute Gasteiger partial charge is 0.222 e. The average Bonchev–Trinajstić information content (AvgIpc) is 2.91. The molecule has 172 valence electrons. The minimum atomic E-state index is -0.643. The molecular formula is C25H39N3O3. The van der Waals surface area contributed by atoms with E-state index in [9.17, 15) is 9.90 Å². The lowest BCUT2D eigenvalue weighted by molar-refractivity contribution is -0.136. The molecule has 3 aliphatic rings. The SMILES string of the molecule is COCCN1C(=O)CCC[C@@H]2[C@H]1CCCN2CC1(O)CCN(c2cccc(C)c2)CC1. The minimum Gasteiger partial charge on any atom is -0.388 e. The monoisotopic (exact) mass is 429 g/mol. The Labute approximate surface area is 187 Å². The molecule has 1 N–H and O–H groups in total. The maximum Gasteiger partial charge on any atom is 0.222 e. The topological polar surface area (TPSA) is 56.3 Å². The highest BCUT2D eigenvalue weighted by atomic mass is 16.5. The highest BCUT2D eigenvalue weighted by Gasteiger charge is 2.42. The van der Waals surface area contributed by atoms with Gasteiger partial charge in [0, 0.05) is 57.5 Å². The Morgan fingerprint density at radius 2 is 1.90 bits per heavy atom. The maximum atomic E-state index is 12.7. The Bertz CT molecular complexity index is 747. The molecular weight excluding hydrogens is 390 g/mol. The van der Waals surface area contributed by atoms with Gasteiger partial charge in [-0.2, -0.15) is 0 Å². The first-order chi connectivity index (χ1) is 15.0. The van der Waals surface area contributed by atoms with Crippen molar-refractivity contribution in [3.05, 3.63) is 29.8 Å². The van der Waals surface area contributed by atoms with Gasteiger partial charge in [-0.1, -0.05) is 12.1 Å². The lowest BCUT2D eigenvalue weighted by atomic mass is 9.86. The molecule has 0 aliphatic carbocycles. The number of hydrogen-bond acceptors (Lipinski definition) is 5. The van der Waals surface area contributed by atoms with Gasteiger partial charge < -0.3 is 19.6 Å². The lowest BCUT2D eigenvalue weighted by Gasteiger charge is -2.49. The quantitative estimate of drug-likeness (QED) is 0.754. The summed E-state index contributed by atoms with van der Waals surface area (Å²) in [6.45, 7) is 6.93. The molecule has 3 fully saturated rings. The zero-order valence-corrected chi connectivity index (χ0v) is 19.3. The van der Waals surface area contributed by atoms with Crippen LogP contribution in [-0.4, -0.2) is 84.9 Å². The number of carbonyl (C=O) groups is 1. The van der Waals surface area contributed by atoms with Gasteiger partial charge in [0.1, 0.15) is 0 Å². The molecule has 2 atom stereocenters. The van der Waals surface area contributed by atoms with Crippen LogP contribution in [0.15, 0.2) is 24.3 Å². The second-order valence-electron chi connectivity index (χ2n) is 9.77. The normalized spacial score (nSPS) is 27.1. The van der Waals surface area contributed by atoms with Gasteiger partial charge in [-0.05, 0) is 69.7 Å². The summed E-state index contributed by atoms with van der Waals surface area (Å²) in [5, 5.41) is 11.5. The summed E-state index contributed by atoms with van der Waals surface area (Å²) >= 11 is 0. The molecule has 3 saturated heterocycles. The summed E-state index contributed by atoms with van der Waals surface area (Å²) in [6.07, 6.45) is 6.37. The van der Waals surface area contributed by atoms with Crippen LogP contribution in [0.5, 0.6) is 0 Å². The molecule has 6 nitrogen and oxygen atoms in total. The predicted octanol–water partition coefficient (Wildman–Crippen LogP) is 2.82. The number of ether oxygens (including phenoxy) is 1. The van der Waals surface area contributed by atoms with Crippen LogP contribution in [0.25, 0.3) is 0 Å². The standard InChI is InChI=1S/C25H39N3O3/c1-20-6-3-7-21(18-20)26-14-11-25(30,12-15-26)19-27-13-5-9-23-22(27)8-4-10-24(29)28(23)16-17-31-2/h3,6-7,18,22-23,30H,4-5,8-17,19H2,1-2H3/t22-,23-/m1/s1. The zero-order valence-electron chi connectivity index (χ0n) is 19.3. The van der Waals surface area contributed by atoms with Crippen LogP contribution in [0.1, 0.15) is 50.5 Å². The van der Waals surface area contributed by atoms with Gasteiger partial charge in [0.15, 0.2) is 0 Å². The minimum absolute atomic E-state index is 0.259. The number of fused-ring (bicyclic) bond motifs is 1. The van der Waals surface area contributed by atoms with Crippen LogP contribution in [0.3, 0.4) is 0 Å². The third kappa shape index (κ3) is 5.24. The van der Waals surface area contributed by atoms with Crippen molar-refractivity contribution in [3.8, 4) is 0 Å². The van der Waals surface area contributed by atoms with Gasteiger partial charge in [-0.25, -0.2) is 0 Å². The van der Waals surface area contributed by atoms with Gasteiger partial charge in [0.2, 0.25) is 5.91 Å². The third-order valence-corrected chi connectivity index (χ3v) is 7.56. The van der Waals surface area contributed by atoms with Gasteiger partial charge in [0.05, 0.1) is 12.2 Å². The highest BCUT2D eigenvalue weighted by Crippen LogP contribution is 2.34. The molecule has 0 bridgehead atoms. The van der Waals surface area contributed by atoms with Crippen LogP contribution in [0, 0.1) is 6.92 Å². The summed E-state index contributed by atoms with van der Waals surface area (Å²) in [7, 11) is 1.70. The van der Waals surface area contributed by atoms with Gasteiger partial charge in [-0.3, -0.25) is 9.69 Å². The Hall–Kier alpha value is -1.63. The first-order valence-corrected chi connectivity index (χ1v) is 12.1. The van der Waals surface area contributed by atoms with Crippen molar-refractivity contribution in [3.63, 3.8) is 0 Å². The molecule has 0 unspecified atom stereocenters. The zero-order chi connectivity index (χ0) is 21.8. The van der Waals surface area contributed by atoms with E-state index in [0.29, 0.717) is 25.6 Å². The number of aryl methyl sites for hydroxylation is 1. The molecule has 6 heteroatoms. The van der Waals surface area contributed by atoms with Crippen molar-refractivity contribution in [2.45, 2.75) is 69.6 Å². The van der Waals surface area contributed by atoms with E-state index in [1.54, 1.807) is 7.11 Å². The second kappa shape index (κ2) is 9.88. The second-order valence-corrected chi connectivity index (χ2v) is 9.77. The van der Waals surface area contributed by atoms with E-state index in [1.807, 2.05) is 0 Å². The first kappa shape index (κ1) is 22.6. The molecule has 4 rings (SSSR count). The fourth-order valence-corrected chi connectivity index (χ4v) is 5.85. The lowest BCUT2D eigenvalue weighted by Crippen LogP contribution is -2.60. The summed E-state index contributed by atoms with van der Waals surface area (Å²) in [5.74, 6) is 0.275. The summed E-state index contributed by atoms with van der Waals surface area (Å²) < 4.78 is 5.28. The first-order valence-electron chi connectivity index (χ1n) is 12.1. The van der Waals surface area contributed by atoms with Gasteiger partial charge in [0.25, 0.3) is 0 Å². The molecule has 0 spiro atoms. The number of nitrogens with zero attached hydrogens (tertiary/aromatic N) is 3. The fourth-order valence-electron chi connectivity index (χ4n) is 5.85. The van der Waals surface area contributed by atoms with E-state index in [2.05, 4.69) is 45.9 Å². The van der Waals surface area contributed by atoms with E-state index in [4.69, 9.17) is 4.74 Å². The van der Waals surface area contributed by atoms with E-state index in [-0.39, 0.29) is 11.9 Å². The van der Waals surface area contributed by atoms with E-state index < -0.39 is 5.60 Å². The van der Waals surface area contributed by atoms with Gasteiger partial charge in [-0.15, -0.1) is 0 Å². The van der Waals surface area contributed by atoms with Crippen LogP contribution in [0.2, 0.25) is 0 Å². The third-order valence-electron chi connectivity index (χ3n) is 7.56. The summed E-state index contributed by atoms with van der Waals surface area (Å²) in [5.41, 5.74) is 1.89. The molecule has 1 amide bonds. The maximum absolute atomic E-state index is 12.7. The van der Waals surface area contributed by atoms with E-state index in [0.717, 1.165) is 64.7 Å². The van der Waals surface area contributed by atoms with E-state index >= 15 is 0 Å². The van der Waals surface area contributed by atoms with Crippen molar-refractivity contribution < 1.29 is 14.6 Å². The Balaban J connectivity index is 1.41. The fraction of sp³-hybridized carbons (Fsp3) is 0.720. The number of aliphatic hydroxyl groups is 1. The molecule has 3 heterocycles. The number of benzene rings is 1. The number of rotatable bonds is 6. The Morgan fingerprint density at radius 1 is 1.13 bits per heavy atom. The number of hydrogen-bond donors (Lipinski definition) is 1. The van der Waals surface area contributed by atoms with Crippen LogP contribution < -0.4 is 4.90 Å². The number of piperidine rings is 2. The van der Waals surface area contributed by atoms with Crippen molar-refractivity contribution >= 4 is 11.6 Å². The van der Waals surface area contributed by atoms with Crippen LogP contribution in [0.4, 0.5) is 5.69 Å². The summed E-state index contributed by atoms with van der Waals surface area (Å²) in [4.78, 5) is 19.7. The molecule has 0 radical (unpaired) electrons.